The SMILES string of the molecule is CC(C)c1cc(N2CCN(C(=O)OC(C)(C)C)CC2)n[nH]1. The van der Waals surface area contributed by atoms with Gasteiger partial charge in [0.15, 0.2) is 5.82 Å². The smallest absolute Gasteiger partial charge is 0.410 e. The predicted molar refractivity (Wildman–Crippen MR) is 82.7 cm³/mol. The topological polar surface area (TPSA) is 61.5 Å². The number of aromatic amines is 1. The van der Waals surface area contributed by atoms with E-state index >= 15 is 0 Å². The summed E-state index contributed by atoms with van der Waals surface area (Å²) >= 11 is 0. The van der Waals surface area contributed by atoms with Gasteiger partial charge in [-0.15, -0.1) is 0 Å². The van der Waals surface area contributed by atoms with Crippen molar-refractivity contribution in [2.24, 2.45) is 0 Å². The van der Waals surface area contributed by atoms with Gasteiger partial charge in [0.1, 0.15) is 5.60 Å². The molecule has 1 fully saturated rings. The first-order chi connectivity index (χ1) is 9.76. The molecule has 0 aromatic carbocycles. The number of amides is 1. The molecule has 1 amide bonds. The molecule has 2 rings (SSSR count). The normalized spacial score (nSPS) is 16.5. The standard InChI is InChI=1S/C15H26N4O2/c1-11(2)12-10-13(17-16-12)18-6-8-19(9-7-18)14(20)21-15(3,4)5/h10-11H,6-9H2,1-5H3,(H,16,17). The lowest BCUT2D eigenvalue weighted by atomic mass is 10.1. The summed E-state index contributed by atoms with van der Waals surface area (Å²) in [5, 5.41) is 7.43. The van der Waals surface area contributed by atoms with E-state index < -0.39 is 5.60 Å². The number of piperazine rings is 1. The van der Waals surface area contributed by atoms with E-state index in [1.165, 1.54) is 0 Å². The van der Waals surface area contributed by atoms with E-state index in [9.17, 15) is 4.79 Å². The van der Waals surface area contributed by atoms with Crippen LogP contribution in [0.4, 0.5) is 10.6 Å². The van der Waals surface area contributed by atoms with Gasteiger partial charge in [-0.25, -0.2) is 4.79 Å². The summed E-state index contributed by atoms with van der Waals surface area (Å²) in [6.07, 6.45) is -0.230. The molecule has 0 saturated carbocycles. The zero-order chi connectivity index (χ0) is 15.6. The van der Waals surface area contributed by atoms with Gasteiger partial charge in [-0.1, -0.05) is 13.8 Å². The molecule has 1 aliphatic rings. The van der Waals surface area contributed by atoms with Gasteiger partial charge in [0.05, 0.1) is 0 Å². The number of rotatable bonds is 2. The third kappa shape index (κ3) is 4.12. The van der Waals surface area contributed by atoms with Gasteiger partial charge in [-0.3, -0.25) is 5.10 Å². The van der Waals surface area contributed by atoms with Crippen LogP contribution in [0.3, 0.4) is 0 Å². The Morgan fingerprint density at radius 2 is 1.90 bits per heavy atom. The van der Waals surface area contributed by atoms with Crippen molar-refractivity contribution in [2.45, 2.75) is 46.1 Å². The molecule has 1 aromatic heterocycles. The lowest BCUT2D eigenvalue weighted by molar-refractivity contribution is 0.0240. The molecule has 6 nitrogen and oxygen atoms in total. The van der Waals surface area contributed by atoms with Gasteiger partial charge < -0.3 is 14.5 Å². The number of ether oxygens (including phenoxy) is 1. The molecule has 2 heterocycles. The minimum Gasteiger partial charge on any atom is -0.444 e. The van der Waals surface area contributed by atoms with Crippen molar-refractivity contribution in [1.29, 1.82) is 0 Å². The maximum atomic E-state index is 12.0. The van der Waals surface area contributed by atoms with Crippen molar-refractivity contribution in [1.82, 2.24) is 15.1 Å². The fourth-order valence-electron chi connectivity index (χ4n) is 2.23. The third-order valence-corrected chi connectivity index (χ3v) is 3.46. The molecular formula is C15H26N4O2. The zero-order valence-electron chi connectivity index (χ0n) is 13.6. The number of nitrogens with zero attached hydrogens (tertiary/aromatic N) is 3. The van der Waals surface area contributed by atoms with E-state index in [0.29, 0.717) is 19.0 Å². The zero-order valence-corrected chi connectivity index (χ0v) is 13.6. The van der Waals surface area contributed by atoms with Crippen LogP contribution in [0.5, 0.6) is 0 Å². The Balaban J connectivity index is 1.89. The van der Waals surface area contributed by atoms with E-state index in [1.54, 1.807) is 4.90 Å². The predicted octanol–water partition coefficient (Wildman–Crippen LogP) is 2.59. The molecular weight excluding hydrogens is 268 g/mol. The lowest BCUT2D eigenvalue weighted by Gasteiger charge is -2.35. The summed E-state index contributed by atoms with van der Waals surface area (Å²) in [6.45, 7) is 12.8. The van der Waals surface area contributed by atoms with Gasteiger partial charge in [0.25, 0.3) is 0 Å². The number of carbonyl (C=O) groups is 1. The molecule has 1 saturated heterocycles. The summed E-state index contributed by atoms with van der Waals surface area (Å²) in [6, 6.07) is 2.09. The van der Waals surface area contributed by atoms with E-state index in [-0.39, 0.29) is 6.09 Å². The third-order valence-electron chi connectivity index (χ3n) is 3.46. The Morgan fingerprint density at radius 3 is 2.38 bits per heavy atom. The fourth-order valence-corrected chi connectivity index (χ4v) is 2.23. The van der Waals surface area contributed by atoms with E-state index in [1.807, 2.05) is 20.8 Å². The Labute approximate surface area is 126 Å². The number of nitrogens with one attached hydrogen (secondary N) is 1. The number of carbonyl (C=O) groups excluding carboxylic acids is 1. The van der Waals surface area contributed by atoms with Crippen molar-refractivity contribution in [3.05, 3.63) is 11.8 Å². The molecule has 0 radical (unpaired) electrons. The van der Waals surface area contributed by atoms with Crippen LogP contribution in [0, 0.1) is 0 Å². The summed E-state index contributed by atoms with van der Waals surface area (Å²) < 4.78 is 5.40. The van der Waals surface area contributed by atoms with Crippen molar-refractivity contribution in [3.63, 3.8) is 0 Å². The summed E-state index contributed by atoms with van der Waals surface area (Å²) in [7, 11) is 0. The van der Waals surface area contributed by atoms with Crippen molar-refractivity contribution in [2.75, 3.05) is 31.1 Å². The largest absolute Gasteiger partial charge is 0.444 e. The molecule has 6 heteroatoms. The Bertz CT molecular complexity index is 482. The number of H-pyrrole nitrogens is 1. The van der Waals surface area contributed by atoms with Crippen molar-refractivity contribution in [3.8, 4) is 0 Å². The van der Waals surface area contributed by atoms with Crippen LogP contribution in [-0.4, -0.2) is 53.0 Å². The second-order valence-electron chi connectivity index (χ2n) is 6.79. The highest BCUT2D eigenvalue weighted by molar-refractivity contribution is 5.68. The van der Waals surface area contributed by atoms with Crippen LogP contribution in [0.25, 0.3) is 0 Å². The van der Waals surface area contributed by atoms with Crippen LogP contribution >= 0.6 is 0 Å². The number of anilines is 1. The number of hydrogen-bond donors (Lipinski definition) is 1. The second kappa shape index (κ2) is 5.95. The van der Waals surface area contributed by atoms with Crippen LogP contribution < -0.4 is 4.90 Å². The Kier molecular flexibility index (Phi) is 4.44. The van der Waals surface area contributed by atoms with Gasteiger partial charge in [-0.05, 0) is 26.7 Å². The van der Waals surface area contributed by atoms with E-state index in [4.69, 9.17) is 4.74 Å². The van der Waals surface area contributed by atoms with Gasteiger partial charge in [0, 0.05) is 37.9 Å². The maximum Gasteiger partial charge on any atom is 0.410 e. The first-order valence-electron chi connectivity index (χ1n) is 7.54. The number of hydrogen-bond acceptors (Lipinski definition) is 4. The molecule has 0 atom stereocenters. The highest BCUT2D eigenvalue weighted by Gasteiger charge is 2.26. The van der Waals surface area contributed by atoms with Gasteiger partial charge in [-0.2, -0.15) is 5.10 Å². The van der Waals surface area contributed by atoms with Crippen molar-refractivity contribution < 1.29 is 9.53 Å². The van der Waals surface area contributed by atoms with Gasteiger partial charge in [0.2, 0.25) is 0 Å². The van der Waals surface area contributed by atoms with E-state index in [2.05, 4.69) is 35.0 Å². The maximum absolute atomic E-state index is 12.0. The van der Waals surface area contributed by atoms with Gasteiger partial charge >= 0.3 is 6.09 Å². The Hall–Kier alpha value is -1.72. The average Bonchev–Trinajstić information content (AvgIpc) is 2.86. The number of aromatic nitrogens is 2. The lowest BCUT2D eigenvalue weighted by Crippen LogP contribution is -2.50. The molecule has 21 heavy (non-hydrogen) atoms. The monoisotopic (exact) mass is 294 g/mol. The molecule has 0 aliphatic carbocycles. The second-order valence-corrected chi connectivity index (χ2v) is 6.79. The highest BCUT2D eigenvalue weighted by atomic mass is 16.6. The molecule has 1 N–H and O–H groups in total. The minimum atomic E-state index is -0.442. The minimum absolute atomic E-state index is 0.230. The average molecular weight is 294 g/mol. The first kappa shape index (κ1) is 15.7. The van der Waals surface area contributed by atoms with Crippen LogP contribution in [0.15, 0.2) is 6.07 Å². The highest BCUT2D eigenvalue weighted by Crippen LogP contribution is 2.20. The molecule has 1 aliphatic heterocycles. The molecule has 0 spiro atoms. The van der Waals surface area contributed by atoms with E-state index in [0.717, 1.165) is 24.6 Å². The summed E-state index contributed by atoms with van der Waals surface area (Å²) in [5.74, 6) is 1.40. The van der Waals surface area contributed by atoms with Crippen molar-refractivity contribution >= 4 is 11.9 Å². The fraction of sp³-hybridized carbons (Fsp3) is 0.733. The molecule has 118 valence electrons. The van der Waals surface area contributed by atoms with Crippen LogP contribution in [0.1, 0.15) is 46.2 Å². The first-order valence-corrected chi connectivity index (χ1v) is 7.54. The summed E-state index contributed by atoms with van der Waals surface area (Å²) in [4.78, 5) is 16.0. The molecule has 0 bridgehead atoms. The summed E-state index contributed by atoms with van der Waals surface area (Å²) in [5.41, 5.74) is 0.697. The molecule has 1 aromatic rings. The Morgan fingerprint density at radius 1 is 1.29 bits per heavy atom. The quantitative estimate of drug-likeness (QED) is 0.910. The van der Waals surface area contributed by atoms with Crippen LogP contribution in [0.2, 0.25) is 0 Å². The van der Waals surface area contributed by atoms with Crippen LogP contribution in [-0.2, 0) is 4.74 Å². The molecule has 0 unspecified atom stereocenters.